The number of benzene rings is 1. The average Bonchev–Trinajstić information content (AvgIpc) is 4.27. The Hall–Kier alpha value is -1.26. The fourth-order valence-corrected chi connectivity index (χ4v) is 18.0. The normalized spacial score (nSPS) is 17.2. The summed E-state index contributed by atoms with van der Waals surface area (Å²) < 4.78 is 16.9. The third-order valence-corrected chi connectivity index (χ3v) is 26.0. The second-order valence-electron chi connectivity index (χ2n) is 20.2. The standard InChI is InChI=1S/C58H80N2O2S4.BH5P4/c1-11-19-23-39(15-5)32-43-44(33-40(16-6)24-20-12-2)46-34-50(66-56(46)55-45(43)31-38(10)64-55)47-29-30-49(65-47)54-52-51(57(61)60(54)36-42(18-8)26-22-14-4)53(48-28-27-37(9)63-48)59(58(52)62)35-41(17-7)25-21-13-3;1-3-5-4-2/h27-31,34,39-42H,11-26,32-33,35-36H2,1-10H3;3-5H,2H2/i;4D,5D. The minimum absolute atomic E-state index is 0.00997. The molecule has 13 heteroatoms. The lowest BCUT2D eigenvalue weighted by Crippen LogP contribution is -2.34. The van der Waals surface area contributed by atoms with Gasteiger partial charge >= 0.3 is 0 Å². The number of hydrogen-bond donors (Lipinski definition) is 0. The van der Waals surface area contributed by atoms with Crippen molar-refractivity contribution in [3.05, 3.63) is 78.2 Å². The molecule has 5 aromatic rings. The van der Waals surface area contributed by atoms with Gasteiger partial charge < -0.3 is 9.80 Å². The number of hydrogen-bond acceptors (Lipinski definition) is 6. The molecule has 0 saturated heterocycles. The SMILES string of the molecule is CCCCC(CC)Cc1c(CC(CC)CCCC)c2cc(-c3ccc(C4=C5C(=O)N(CC(CC)CCCC)C(c6ccc(C)s6)=C5C(=O)N4CC(CC)CCCC)s3)sc2c2sc(C)cc12.[2H]P(P)P([2H])P[B]. The van der Waals surface area contributed by atoms with Crippen molar-refractivity contribution < 1.29 is 9.59 Å². The van der Waals surface area contributed by atoms with E-state index in [2.05, 4.69) is 115 Å². The number of carbonyl (C=O) groups excluding carboxylic acids is 2. The van der Waals surface area contributed by atoms with E-state index in [9.17, 15) is 0 Å². The summed E-state index contributed by atoms with van der Waals surface area (Å²) in [5, 5.41) is 2.97. The molecular weight excluding hydrogens is 1020 g/mol. The van der Waals surface area contributed by atoms with Gasteiger partial charge in [0.1, 0.15) is 7.57 Å². The molecule has 71 heavy (non-hydrogen) atoms. The van der Waals surface area contributed by atoms with Gasteiger partial charge in [-0.2, -0.15) is 0 Å². The van der Waals surface area contributed by atoms with Gasteiger partial charge in [0.05, 0.1) is 44.3 Å². The Balaban J connectivity index is 0.00000116. The Bertz CT molecular complexity index is 2670. The summed E-state index contributed by atoms with van der Waals surface area (Å²) in [6, 6.07) is 13.9. The second-order valence-corrected chi connectivity index (χ2v) is 31.5. The first-order valence-corrected chi connectivity index (χ1v) is 36.6. The van der Waals surface area contributed by atoms with Crippen LogP contribution in [0.15, 0.2) is 47.5 Å². The van der Waals surface area contributed by atoms with Gasteiger partial charge in [0.15, 0.2) is 0 Å². The predicted octanol–water partition coefficient (Wildman–Crippen LogP) is 20.0. The van der Waals surface area contributed by atoms with Crippen LogP contribution in [0.1, 0.15) is 189 Å². The Morgan fingerprint density at radius 1 is 0.563 bits per heavy atom. The van der Waals surface area contributed by atoms with Crippen LogP contribution >= 0.6 is 78.2 Å². The quantitative estimate of drug-likeness (QED) is 0.0354. The summed E-state index contributed by atoms with van der Waals surface area (Å²) in [7, 11) is 5.84. The predicted molar refractivity (Wildman–Crippen MR) is 333 cm³/mol. The van der Waals surface area contributed by atoms with Crippen molar-refractivity contribution in [2.45, 2.75) is 185 Å². The van der Waals surface area contributed by atoms with Gasteiger partial charge in [-0.3, -0.25) is 9.59 Å². The van der Waals surface area contributed by atoms with Crippen molar-refractivity contribution in [3.8, 4) is 9.75 Å². The highest BCUT2D eigenvalue weighted by molar-refractivity contribution is 8.60. The maximum absolute atomic E-state index is 15.3. The zero-order valence-electron chi connectivity index (χ0n) is 46.8. The number of aryl methyl sites for hydroxylation is 2. The number of carbonyl (C=O) groups is 2. The van der Waals surface area contributed by atoms with Crippen LogP contribution in [0.5, 0.6) is 0 Å². The molecule has 2 aliphatic rings. The molecule has 1 aromatic carbocycles. The van der Waals surface area contributed by atoms with E-state index in [1.54, 1.807) is 33.8 Å². The monoisotopic (exact) mass is 1110 g/mol. The summed E-state index contributed by atoms with van der Waals surface area (Å²) in [4.78, 5) is 41.8. The molecule has 4 aromatic heterocycles. The van der Waals surface area contributed by atoms with E-state index in [1.165, 1.54) is 91.0 Å². The van der Waals surface area contributed by atoms with E-state index in [0.717, 1.165) is 85.4 Å². The van der Waals surface area contributed by atoms with E-state index < -0.39 is 15.8 Å². The largest absolute Gasteiger partial charge is 0.306 e. The maximum Gasteiger partial charge on any atom is 0.261 e. The molecule has 386 valence electrons. The van der Waals surface area contributed by atoms with Crippen LogP contribution in [0.4, 0.5) is 0 Å². The molecule has 2 aliphatic heterocycles. The van der Waals surface area contributed by atoms with Crippen LogP contribution in [-0.4, -0.2) is 44.8 Å². The Kier molecular flexibility index (Phi) is 23.1. The Morgan fingerprint density at radius 3 is 1.42 bits per heavy atom. The molecule has 7 rings (SSSR count). The Labute approximate surface area is 457 Å². The van der Waals surface area contributed by atoms with Crippen molar-refractivity contribution in [1.82, 2.24) is 9.80 Å². The van der Waals surface area contributed by atoms with Gasteiger partial charge in [0.25, 0.3) is 11.8 Å². The summed E-state index contributed by atoms with van der Waals surface area (Å²) >= 11 is 7.43. The fourth-order valence-electron chi connectivity index (χ4n) is 10.9. The van der Waals surface area contributed by atoms with Gasteiger partial charge in [-0.1, -0.05) is 161 Å². The molecule has 4 nitrogen and oxygen atoms in total. The van der Waals surface area contributed by atoms with E-state index in [1.807, 2.05) is 32.5 Å². The zero-order valence-corrected chi connectivity index (χ0v) is 52.0. The second kappa shape index (κ2) is 29.3. The van der Waals surface area contributed by atoms with Crippen LogP contribution in [0, 0.1) is 37.5 Å². The zero-order chi connectivity index (χ0) is 52.9. The lowest BCUT2D eigenvalue weighted by atomic mass is 9.83. The summed E-state index contributed by atoms with van der Waals surface area (Å²) in [5.41, 5.74) is 6.19. The highest BCUT2D eigenvalue weighted by Crippen LogP contribution is 2.55. The minimum Gasteiger partial charge on any atom is -0.306 e. The third-order valence-electron chi connectivity index (χ3n) is 15.2. The molecule has 0 fully saturated rings. The van der Waals surface area contributed by atoms with Gasteiger partial charge in [0.2, 0.25) is 0 Å². The number of fused-ring (bicyclic) bond motifs is 4. The van der Waals surface area contributed by atoms with E-state index in [0.29, 0.717) is 47.9 Å². The first-order chi connectivity index (χ1) is 35.2. The lowest BCUT2D eigenvalue weighted by molar-refractivity contribution is -0.124. The highest BCUT2D eigenvalue weighted by atomic mass is 32.6. The van der Waals surface area contributed by atoms with Crippen LogP contribution in [0.25, 0.3) is 41.3 Å². The first-order valence-electron chi connectivity index (χ1n) is 28.2. The minimum atomic E-state index is -0.887. The molecule has 2 amide bonds. The van der Waals surface area contributed by atoms with E-state index in [-0.39, 0.29) is 20.0 Å². The van der Waals surface area contributed by atoms with Crippen LogP contribution < -0.4 is 0 Å². The molecule has 6 heterocycles. The van der Waals surface area contributed by atoms with Crippen molar-refractivity contribution in [2.75, 3.05) is 13.1 Å². The number of unbranched alkanes of at least 4 members (excludes halogenated alkanes) is 4. The number of amides is 2. The van der Waals surface area contributed by atoms with Gasteiger partial charge in [0, 0.05) is 32.6 Å². The van der Waals surface area contributed by atoms with E-state index in [4.69, 9.17) is 10.1 Å². The molecule has 0 aliphatic carbocycles. The van der Waals surface area contributed by atoms with Crippen molar-refractivity contribution in [2.24, 2.45) is 23.7 Å². The molecule has 2 radical (unpaired) electrons. The van der Waals surface area contributed by atoms with E-state index >= 15 is 9.59 Å². The molecule has 8 unspecified atom stereocenters. The molecule has 0 spiro atoms. The number of rotatable bonds is 29. The molecule has 0 bridgehead atoms. The molecule has 0 saturated carbocycles. The van der Waals surface area contributed by atoms with Crippen LogP contribution in [0.3, 0.4) is 0 Å². The Morgan fingerprint density at radius 2 is 1.00 bits per heavy atom. The van der Waals surface area contributed by atoms with Crippen molar-refractivity contribution in [1.29, 1.82) is 2.56 Å². The lowest BCUT2D eigenvalue weighted by Gasteiger charge is -2.29. The molecular formula is C58H85BN2O2P4S4. The van der Waals surface area contributed by atoms with Crippen LogP contribution in [0.2, 0.25) is 0 Å². The van der Waals surface area contributed by atoms with Gasteiger partial charge in [-0.25, -0.2) is 0 Å². The summed E-state index contributed by atoms with van der Waals surface area (Å²) in [5.74, 6) is 2.14. The van der Waals surface area contributed by atoms with Gasteiger partial charge in [-0.15, -0.1) is 62.4 Å². The highest BCUT2D eigenvalue weighted by Gasteiger charge is 2.50. The smallest absolute Gasteiger partial charge is 0.261 e. The third kappa shape index (κ3) is 14.2. The van der Waals surface area contributed by atoms with Crippen molar-refractivity contribution in [3.63, 3.8) is 0 Å². The summed E-state index contributed by atoms with van der Waals surface area (Å²) in [6.45, 7) is 24.2. The molecule has 8 atom stereocenters. The number of nitrogens with zero attached hydrogens (tertiary/aromatic N) is 2. The van der Waals surface area contributed by atoms with Gasteiger partial charge in [-0.05, 0) is 121 Å². The average molecular weight is 1110 g/mol. The summed E-state index contributed by atoms with van der Waals surface area (Å²) in [6.07, 6.45) is 21.2. The van der Waals surface area contributed by atoms with Crippen LogP contribution in [-0.2, 0) is 22.4 Å². The number of thiophene rings is 4. The fraction of sp³-hybridized carbons (Fsp3) is 0.586. The first kappa shape index (κ1) is 56.0. The maximum atomic E-state index is 15.3. The topological polar surface area (TPSA) is 40.6 Å². The van der Waals surface area contributed by atoms with Crippen molar-refractivity contribution >= 4 is 129 Å². The molecule has 0 N–H and O–H groups in total.